The van der Waals surface area contributed by atoms with Gasteiger partial charge in [-0.3, -0.25) is 9.04 Å². The van der Waals surface area contributed by atoms with E-state index in [1.54, 1.807) is 6.92 Å². The average molecular weight is 286 g/mol. The summed E-state index contributed by atoms with van der Waals surface area (Å²) in [6.07, 6.45) is -0.144. The summed E-state index contributed by atoms with van der Waals surface area (Å²) < 4.78 is 38.5. The number of quaternary nitrogens is 1. The van der Waals surface area contributed by atoms with E-state index in [9.17, 15) is 4.79 Å². The predicted octanol–water partition coefficient (Wildman–Crippen LogP) is 0.325. The molecule has 0 aliphatic carbocycles. The molecule has 0 aliphatic heterocycles. The van der Waals surface area contributed by atoms with Crippen molar-refractivity contribution in [2.75, 3.05) is 21.1 Å². The fourth-order valence-electron chi connectivity index (χ4n) is 0.414. The monoisotopic (exact) mass is 286 g/mol. The lowest BCUT2D eigenvalue weighted by atomic mass is 10.3. The lowest BCUT2D eigenvalue weighted by Gasteiger charge is -2.30. The molecular weight excluding hydrogens is 264 g/mol. The third-order valence-corrected chi connectivity index (χ3v) is 1.72. The van der Waals surface area contributed by atoms with Gasteiger partial charge in [0.2, 0.25) is 16.6 Å². The Morgan fingerprint density at radius 1 is 1.39 bits per heavy atom. The van der Waals surface area contributed by atoms with E-state index in [2.05, 4.69) is 6.58 Å². The molecule has 110 valence electrons. The van der Waals surface area contributed by atoms with Crippen LogP contribution in [0.3, 0.4) is 0 Å². The SMILES string of the molecule is C=C(C)C(=O)OC(C)[N+](C)(C)C.N.O=S(=O)([O-])O. The Hall–Kier alpha value is -1.00. The van der Waals surface area contributed by atoms with E-state index >= 15 is 0 Å². The number of nitrogens with zero attached hydrogens (tertiary/aromatic N) is 1. The Morgan fingerprint density at radius 2 is 1.67 bits per heavy atom. The number of carbonyl (C=O) groups excluding carboxylic acids is 1. The smallest absolute Gasteiger partial charge is 0.337 e. The van der Waals surface area contributed by atoms with Crippen molar-refractivity contribution in [2.45, 2.75) is 20.1 Å². The van der Waals surface area contributed by atoms with Crippen LogP contribution >= 0.6 is 0 Å². The number of ether oxygens (including phenoxy) is 1. The van der Waals surface area contributed by atoms with Crippen LogP contribution in [0.25, 0.3) is 0 Å². The zero-order valence-electron chi connectivity index (χ0n) is 11.3. The van der Waals surface area contributed by atoms with Crippen molar-refractivity contribution in [3.63, 3.8) is 0 Å². The summed E-state index contributed by atoms with van der Waals surface area (Å²) in [7, 11) is 0.989. The summed E-state index contributed by atoms with van der Waals surface area (Å²) in [4.78, 5) is 11.1. The predicted molar refractivity (Wildman–Crippen MR) is 65.7 cm³/mol. The second-order valence-corrected chi connectivity index (χ2v) is 5.18. The van der Waals surface area contributed by atoms with Crippen LogP contribution in [0, 0.1) is 0 Å². The van der Waals surface area contributed by atoms with E-state index in [0.717, 1.165) is 0 Å². The Labute approximate surface area is 108 Å². The Bertz CT molecular complexity index is 363. The molecule has 8 nitrogen and oxygen atoms in total. The maximum Gasteiger partial charge on any atom is 0.337 e. The zero-order chi connectivity index (χ0) is 14.4. The van der Waals surface area contributed by atoms with Gasteiger partial charge in [0.15, 0.2) is 0 Å². The highest BCUT2D eigenvalue weighted by atomic mass is 32.3. The summed E-state index contributed by atoms with van der Waals surface area (Å²) in [5.41, 5.74) is 0.440. The normalized spacial score (nSPS) is 12.4. The van der Waals surface area contributed by atoms with Gasteiger partial charge >= 0.3 is 5.97 Å². The molecular formula is C9H22N2O6S. The largest absolute Gasteiger partial charge is 0.726 e. The van der Waals surface area contributed by atoms with Crippen molar-refractivity contribution in [1.82, 2.24) is 6.15 Å². The molecule has 1 unspecified atom stereocenters. The van der Waals surface area contributed by atoms with Gasteiger partial charge < -0.3 is 15.4 Å². The van der Waals surface area contributed by atoms with Crippen molar-refractivity contribution >= 4 is 16.4 Å². The fraction of sp³-hybridized carbons (Fsp3) is 0.667. The number of carbonyl (C=O) groups is 1. The number of esters is 1. The van der Waals surface area contributed by atoms with E-state index in [1.165, 1.54) is 0 Å². The molecule has 0 bridgehead atoms. The zero-order valence-corrected chi connectivity index (χ0v) is 12.2. The second-order valence-electron chi connectivity index (χ2n) is 4.33. The molecule has 0 radical (unpaired) electrons. The summed E-state index contributed by atoms with van der Waals surface area (Å²) in [6.45, 7) is 7.01. The molecule has 0 aliphatic rings. The van der Waals surface area contributed by atoms with Gasteiger partial charge in [0, 0.05) is 12.5 Å². The third-order valence-electron chi connectivity index (χ3n) is 1.72. The van der Waals surface area contributed by atoms with Crippen molar-refractivity contribution in [2.24, 2.45) is 0 Å². The maximum atomic E-state index is 11.1. The van der Waals surface area contributed by atoms with E-state index in [4.69, 9.17) is 22.3 Å². The number of hydrogen-bond donors (Lipinski definition) is 2. The molecule has 0 spiro atoms. The minimum atomic E-state index is -4.92. The quantitative estimate of drug-likeness (QED) is 0.190. The van der Waals surface area contributed by atoms with Crippen molar-refractivity contribution in [3.05, 3.63) is 12.2 Å². The molecule has 0 fully saturated rings. The molecule has 0 rings (SSSR count). The van der Waals surface area contributed by atoms with Crippen molar-refractivity contribution in [1.29, 1.82) is 0 Å². The van der Waals surface area contributed by atoms with Gasteiger partial charge in [-0.2, -0.15) is 0 Å². The summed E-state index contributed by atoms with van der Waals surface area (Å²) in [5, 5.41) is 0. The highest BCUT2D eigenvalue weighted by molar-refractivity contribution is 7.79. The van der Waals surface area contributed by atoms with Crippen LogP contribution in [0.1, 0.15) is 13.8 Å². The maximum absolute atomic E-state index is 11.1. The van der Waals surface area contributed by atoms with Crippen LogP contribution in [0.15, 0.2) is 12.2 Å². The molecule has 0 heterocycles. The average Bonchev–Trinajstić information content (AvgIpc) is 1.98. The van der Waals surface area contributed by atoms with Crippen LogP contribution in [-0.2, 0) is 19.9 Å². The first-order chi connectivity index (χ1) is 7.25. The molecule has 9 heteroatoms. The number of hydrogen-bond acceptors (Lipinski definition) is 6. The molecule has 0 saturated carbocycles. The van der Waals surface area contributed by atoms with E-state index in [0.29, 0.717) is 10.1 Å². The van der Waals surface area contributed by atoms with Gasteiger partial charge in [0.05, 0.1) is 21.1 Å². The summed E-state index contributed by atoms with van der Waals surface area (Å²) in [5.74, 6) is -0.324. The van der Waals surface area contributed by atoms with Crippen molar-refractivity contribution < 1.29 is 31.5 Å². The van der Waals surface area contributed by atoms with Gasteiger partial charge in [-0.15, -0.1) is 0 Å². The lowest BCUT2D eigenvalue weighted by molar-refractivity contribution is -0.914. The van der Waals surface area contributed by atoms with Gasteiger partial charge in [-0.1, -0.05) is 6.58 Å². The standard InChI is InChI=1S/C9H18NO2.H3N.H2O4S/c1-7(2)9(11)12-8(3)10(4,5)6;;1-5(2,3)4/h8H,1H2,2-6H3;1H3;(H2,1,2,3,4)/q+1;;/p-1. The van der Waals surface area contributed by atoms with Crippen LogP contribution in [0.4, 0.5) is 0 Å². The van der Waals surface area contributed by atoms with Gasteiger partial charge in [0.1, 0.15) is 0 Å². The Morgan fingerprint density at radius 3 is 1.83 bits per heavy atom. The van der Waals surface area contributed by atoms with E-state index < -0.39 is 10.4 Å². The molecule has 0 amide bonds. The van der Waals surface area contributed by atoms with Gasteiger partial charge in [-0.25, -0.2) is 13.2 Å². The second kappa shape index (κ2) is 8.16. The molecule has 0 aromatic carbocycles. The molecule has 4 N–H and O–H groups in total. The van der Waals surface area contributed by atoms with Crippen LogP contribution in [0.5, 0.6) is 0 Å². The molecule has 0 aromatic heterocycles. The van der Waals surface area contributed by atoms with Crippen LogP contribution < -0.4 is 6.15 Å². The summed E-state index contributed by atoms with van der Waals surface area (Å²) >= 11 is 0. The first-order valence-electron chi connectivity index (χ1n) is 4.61. The molecule has 18 heavy (non-hydrogen) atoms. The van der Waals surface area contributed by atoms with Crippen LogP contribution in [0.2, 0.25) is 0 Å². The highest BCUT2D eigenvalue weighted by Gasteiger charge is 2.22. The Balaban J connectivity index is -0.000000321. The minimum absolute atomic E-state index is 0. The minimum Gasteiger partial charge on any atom is -0.726 e. The number of rotatable bonds is 3. The topological polar surface area (TPSA) is 139 Å². The van der Waals surface area contributed by atoms with E-state index in [1.807, 2.05) is 28.1 Å². The first-order valence-corrected chi connectivity index (χ1v) is 5.97. The van der Waals surface area contributed by atoms with Gasteiger partial charge in [-0.05, 0) is 6.92 Å². The molecule has 0 aromatic rings. The summed E-state index contributed by atoms with van der Waals surface area (Å²) in [6, 6.07) is 0. The first kappa shape index (κ1) is 22.2. The van der Waals surface area contributed by atoms with E-state index in [-0.39, 0.29) is 18.3 Å². The lowest BCUT2D eigenvalue weighted by Crippen LogP contribution is -2.45. The van der Waals surface area contributed by atoms with Crippen molar-refractivity contribution in [3.8, 4) is 0 Å². The fourth-order valence-corrected chi connectivity index (χ4v) is 0.414. The third kappa shape index (κ3) is 17.4. The highest BCUT2D eigenvalue weighted by Crippen LogP contribution is 2.06. The molecule has 0 saturated heterocycles. The van der Waals surface area contributed by atoms with Crippen LogP contribution in [-0.4, -0.2) is 55.3 Å². The molecule has 1 atom stereocenters. The van der Waals surface area contributed by atoms with Gasteiger partial charge in [0.25, 0.3) is 0 Å². The Kier molecular flexibility index (Phi) is 10.1.